The molecule has 94 valence electrons. The SMILES string of the molecule is Cc1ccc(CC(C(=O)O)N(C)C)c(C)c1C. The Labute approximate surface area is 103 Å². The van der Waals surface area contributed by atoms with Crippen molar-refractivity contribution in [1.82, 2.24) is 4.90 Å². The van der Waals surface area contributed by atoms with E-state index in [0.29, 0.717) is 6.42 Å². The van der Waals surface area contributed by atoms with Crippen molar-refractivity contribution in [3.05, 3.63) is 34.4 Å². The smallest absolute Gasteiger partial charge is 0.321 e. The van der Waals surface area contributed by atoms with E-state index in [1.165, 1.54) is 16.7 Å². The highest BCUT2D eigenvalue weighted by Crippen LogP contribution is 2.19. The molecule has 0 amide bonds. The molecule has 1 aromatic carbocycles. The highest BCUT2D eigenvalue weighted by Gasteiger charge is 2.21. The van der Waals surface area contributed by atoms with Crippen LogP contribution in [-0.2, 0) is 11.2 Å². The Morgan fingerprint density at radius 2 is 1.82 bits per heavy atom. The molecule has 0 heterocycles. The van der Waals surface area contributed by atoms with E-state index in [2.05, 4.69) is 26.8 Å². The largest absolute Gasteiger partial charge is 0.480 e. The molecule has 0 fully saturated rings. The van der Waals surface area contributed by atoms with Gasteiger partial charge < -0.3 is 5.11 Å². The maximum atomic E-state index is 11.2. The normalized spacial score (nSPS) is 12.8. The summed E-state index contributed by atoms with van der Waals surface area (Å²) in [4.78, 5) is 12.9. The lowest BCUT2D eigenvalue weighted by molar-refractivity contribution is -0.142. The van der Waals surface area contributed by atoms with E-state index in [0.717, 1.165) is 5.56 Å². The number of carboxylic acids is 1. The predicted molar refractivity (Wildman–Crippen MR) is 69.5 cm³/mol. The fourth-order valence-corrected chi connectivity index (χ4v) is 1.93. The highest BCUT2D eigenvalue weighted by molar-refractivity contribution is 5.74. The summed E-state index contributed by atoms with van der Waals surface area (Å²) in [6.45, 7) is 6.22. The number of benzene rings is 1. The van der Waals surface area contributed by atoms with E-state index in [1.54, 1.807) is 19.0 Å². The van der Waals surface area contributed by atoms with Crippen molar-refractivity contribution in [1.29, 1.82) is 0 Å². The number of likely N-dealkylation sites (N-methyl/N-ethyl adjacent to an activating group) is 1. The monoisotopic (exact) mass is 235 g/mol. The minimum absolute atomic E-state index is 0.462. The molecule has 3 nitrogen and oxygen atoms in total. The Bertz CT molecular complexity index is 424. The van der Waals surface area contributed by atoms with Crippen LogP contribution in [0, 0.1) is 20.8 Å². The summed E-state index contributed by atoms with van der Waals surface area (Å²) in [6.07, 6.45) is 0.551. The standard InChI is InChI=1S/C14H21NO2/c1-9-6-7-12(11(3)10(9)2)8-13(14(16)17)15(4)5/h6-7,13H,8H2,1-5H3,(H,16,17). The van der Waals surface area contributed by atoms with E-state index >= 15 is 0 Å². The van der Waals surface area contributed by atoms with E-state index in [4.69, 9.17) is 0 Å². The Hall–Kier alpha value is -1.35. The molecular formula is C14H21NO2. The molecule has 1 aromatic rings. The first kappa shape index (κ1) is 13.7. The Morgan fingerprint density at radius 1 is 1.24 bits per heavy atom. The summed E-state index contributed by atoms with van der Waals surface area (Å²) in [6, 6.07) is 3.64. The van der Waals surface area contributed by atoms with E-state index in [9.17, 15) is 9.90 Å². The average molecular weight is 235 g/mol. The highest BCUT2D eigenvalue weighted by atomic mass is 16.4. The predicted octanol–water partition coefficient (Wildman–Crippen LogP) is 2.17. The molecular weight excluding hydrogens is 214 g/mol. The van der Waals surface area contributed by atoms with Crippen LogP contribution in [-0.4, -0.2) is 36.1 Å². The van der Waals surface area contributed by atoms with Gasteiger partial charge in [-0.2, -0.15) is 0 Å². The molecule has 1 unspecified atom stereocenters. The molecule has 0 aliphatic carbocycles. The van der Waals surface area contributed by atoms with Crippen LogP contribution in [0.4, 0.5) is 0 Å². The third-order valence-electron chi connectivity index (χ3n) is 3.49. The molecule has 0 saturated heterocycles. The van der Waals surface area contributed by atoms with Gasteiger partial charge >= 0.3 is 5.97 Å². The zero-order chi connectivity index (χ0) is 13.2. The molecule has 0 radical (unpaired) electrons. The fourth-order valence-electron chi connectivity index (χ4n) is 1.93. The van der Waals surface area contributed by atoms with Crippen molar-refractivity contribution >= 4 is 5.97 Å². The van der Waals surface area contributed by atoms with E-state index < -0.39 is 12.0 Å². The van der Waals surface area contributed by atoms with E-state index in [-0.39, 0.29) is 0 Å². The van der Waals surface area contributed by atoms with Gasteiger partial charge in [0, 0.05) is 0 Å². The van der Waals surface area contributed by atoms with Crippen molar-refractivity contribution in [3.8, 4) is 0 Å². The van der Waals surface area contributed by atoms with Crippen molar-refractivity contribution < 1.29 is 9.90 Å². The second-order valence-electron chi connectivity index (χ2n) is 4.81. The lowest BCUT2D eigenvalue weighted by atomic mass is 9.94. The summed E-state index contributed by atoms with van der Waals surface area (Å²) in [5, 5.41) is 9.18. The number of hydrogen-bond acceptors (Lipinski definition) is 2. The lowest BCUT2D eigenvalue weighted by Crippen LogP contribution is -2.37. The zero-order valence-corrected chi connectivity index (χ0v) is 11.2. The number of carbonyl (C=O) groups is 1. The minimum Gasteiger partial charge on any atom is -0.480 e. The van der Waals surface area contributed by atoms with Crippen molar-refractivity contribution in [2.45, 2.75) is 33.2 Å². The van der Waals surface area contributed by atoms with Gasteiger partial charge in [-0.15, -0.1) is 0 Å². The van der Waals surface area contributed by atoms with Crippen molar-refractivity contribution in [3.63, 3.8) is 0 Å². The molecule has 0 aliphatic rings. The van der Waals surface area contributed by atoms with Gasteiger partial charge in [-0.1, -0.05) is 12.1 Å². The maximum Gasteiger partial charge on any atom is 0.321 e. The average Bonchev–Trinajstić information content (AvgIpc) is 2.24. The number of aliphatic carboxylic acids is 1. The van der Waals surface area contributed by atoms with Crippen LogP contribution >= 0.6 is 0 Å². The second kappa shape index (κ2) is 5.32. The van der Waals surface area contributed by atoms with Gasteiger partial charge in [0.2, 0.25) is 0 Å². The van der Waals surface area contributed by atoms with Crippen molar-refractivity contribution in [2.75, 3.05) is 14.1 Å². The zero-order valence-electron chi connectivity index (χ0n) is 11.2. The Morgan fingerprint density at radius 3 is 2.29 bits per heavy atom. The van der Waals surface area contributed by atoms with Gasteiger partial charge in [0.05, 0.1) is 0 Å². The summed E-state index contributed by atoms with van der Waals surface area (Å²) >= 11 is 0. The van der Waals surface area contributed by atoms with Crippen LogP contribution in [0.25, 0.3) is 0 Å². The van der Waals surface area contributed by atoms with E-state index in [1.807, 2.05) is 6.07 Å². The number of aryl methyl sites for hydroxylation is 1. The third kappa shape index (κ3) is 3.07. The quantitative estimate of drug-likeness (QED) is 0.869. The van der Waals surface area contributed by atoms with Gasteiger partial charge in [-0.3, -0.25) is 9.69 Å². The molecule has 1 rings (SSSR count). The van der Waals surface area contributed by atoms with Gasteiger partial charge in [0.25, 0.3) is 0 Å². The summed E-state index contributed by atoms with van der Waals surface area (Å²) in [7, 11) is 3.60. The number of rotatable bonds is 4. The van der Waals surface area contributed by atoms with Crippen LogP contribution in [0.3, 0.4) is 0 Å². The van der Waals surface area contributed by atoms with Gasteiger partial charge in [-0.25, -0.2) is 0 Å². The molecule has 0 spiro atoms. The van der Waals surface area contributed by atoms with Crippen molar-refractivity contribution in [2.24, 2.45) is 0 Å². The van der Waals surface area contributed by atoms with Crippen LogP contribution in [0.1, 0.15) is 22.3 Å². The minimum atomic E-state index is -0.771. The number of nitrogens with zero attached hydrogens (tertiary/aromatic N) is 1. The van der Waals surface area contributed by atoms with Crippen LogP contribution in [0.5, 0.6) is 0 Å². The lowest BCUT2D eigenvalue weighted by Gasteiger charge is -2.21. The Balaban J connectivity index is 3.02. The molecule has 0 bridgehead atoms. The summed E-state index contributed by atoms with van der Waals surface area (Å²) in [5.41, 5.74) is 4.83. The van der Waals surface area contributed by atoms with Crippen LogP contribution in [0.15, 0.2) is 12.1 Å². The molecule has 17 heavy (non-hydrogen) atoms. The summed E-state index contributed by atoms with van der Waals surface area (Å²) in [5.74, 6) is -0.771. The third-order valence-corrected chi connectivity index (χ3v) is 3.49. The second-order valence-corrected chi connectivity index (χ2v) is 4.81. The fraction of sp³-hybridized carbons (Fsp3) is 0.500. The molecule has 3 heteroatoms. The van der Waals surface area contributed by atoms with Crippen LogP contribution in [0.2, 0.25) is 0 Å². The maximum absolute atomic E-state index is 11.2. The molecule has 1 atom stereocenters. The summed E-state index contributed by atoms with van der Waals surface area (Å²) < 4.78 is 0. The first-order valence-corrected chi connectivity index (χ1v) is 5.79. The first-order valence-electron chi connectivity index (χ1n) is 5.79. The number of hydrogen-bond donors (Lipinski definition) is 1. The Kier molecular flexibility index (Phi) is 4.29. The topological polar surface area (TPSA) is 40.5 Å². The van der Waals surface area contributed by atoms with Gasteiger partial charge in [0.15, 0.2) is 0 Å². The van der Waals surface area contributed by atoms with Gasteiger partial charge in [-0.05, 0) is 63.5 Å². The molecule has 0 aromatic heterocycles. The van der Waals surface area contributed by atoms with Gasteiger partial charge in [0.1, 0.15) is 6.04 Å². The number of carboxylic acid groups (broad SMARTS) is 1. The molecule has 0 saturated carbocycles. The van der Waals surface area contributed by atoms with Crippen LogP contribution < -0.4 is 0 Å². The first-order chi connectivity index (χ1) is 7.84. The molecule has 0 aliphatic heterocycles. The molecule has 1 N–H and O–H groups in total.